The molecule has 2 atom stereocenters. The molecule has 1 aromatic heterocycles. The standard InChI is InChI=1S/C13H21N3O2/c1-3-18-13(6-4-5-9(2)8-13)12-15-10(14)7-11(17)16-12/h7,9H,3-6,8H2,1-2H3,(H3,14,15,16,17). The van der Waals surface area contributed by atoms with E-state index in [1.54, 1.807) is 0 Å². The summed E-state index contributed by atoms with van der Waals surface area (Å²) in [4.78, 5) is 18.6. The fourth-order valence-electron chi connectivity index (χ4n) is 2.89. The third-order valence-corrected chi connectivity index (χ3v) is 3.57. The number of nitrogens with one attached hydrogen (secondary N) is 1. The lowest BCUT2D eigenvalue weighted by Crippen LogP contribution is -2.38. The lowest BCUT2D eigenvalue weighted by Gasteiger charge is -2.38. The van der Waals surface area contributed by atoms with E-state index in [-0.39, 0.29) is 11.4 Å². The number of hydrogen-bond acceptors (Lipinski definition) is 4. The van der Waals surface area contributed by atoms with Gasteiger partial charge in [-0.2, -0.15) is 0 Å². The van der Waals surface area contributed by atoms with Crippen molar-refractivity contribution in [2.45, 2.75) is 45.1 Å². The molecule has 1 aromatic rings. The number of nitrogens with zero attached hydrogens (tertiary/aromatic N) is 1. The number of aromatic nitrogens is 2. The second kappa shape index (κ2) is 5.10. The molecule has 2 unspecified atom stereocenters. The van der Waals surface area contributed by atoms with E-state index in [0.717, 1.165) is 19.3 Å². The average molecular weight is 251 g/mol. The number of hydrogen-bond donors (Lipinski definition) is 2. The van der Waals surface area contributed by atoms with Gasteiger partial charge in [0.2, 0.25) is 0 Å². The van der Waals surface area contributed by atoms with Crippen LogP contribution in [0.25, 0.3) is 0 Å². The van der Waals surface area contributed by atoms with Crippen LogP contribution in [0.2, 0.25) is 0 Å². The first kappa shape index (κ1) is 13.1. The predicted octanol–water partition coefficient (Wildman–Crippen LogP) is 1.79. The number of nitrogen functional groups attached to an aromatic ring is 1. The maximum atomic E-state index is 11.6. The second-order valence-electron chi connectivity index (χ2n) is 5.15. The SMILES string of the molecule is CCOC1(c2nc(N)cc(=O)[nH]2)CCCC(C)C1. The van der Waals surface area contributed by atoms with Crippen LogP contribution in [0, 0.1) is 5.92 Å². The first-order chi connectivity index (χ1) is 8.55. The number of ether oxygens (including phenoxy) is 1. The molecular formula is C13H21N3O2. The van der Waals surface area contributed by atoms with Gasteiger partial charge in [-0.25, -0.2) is 4.98 Å². The van der Waals surface area contributed by atoms with Crippen LogP contribution in [-0.2, 0) is 10.3 Å². The van der Waals surface area contributed by atoms with Gasteiger partial charge in [0.25, 0.3) is 5.56 Å². The molecule has 2 rings (SSSR count). The quantitative estimate of drug-likeness (QED) is 0.858. The van der Waals surface area contributed by atoms with Gasteiger partial charge >= 0.3 is 0 Å². The topological polar surface area (TPSA) is 81.0 Å². The zero-order chi connectivity index (χ0) is 13.2. The second-order valence-corrected chi connectivity index (χ2v) is 5.15. The van der Waals surface area contributed by atoms with E-state index < -0.39 is 5.60 Å². The van der Waals surface area contributed by atoms with Crippen LogP contribution in [0.15, 0.2) is 10.9 Å². The highest BCUT2D eigenvalue weighted by atomic mass is 16.5. The summed E-state index contributed by atoms with van der Waals surface area (Å²) in [7, 11) is 0. The van der Waals surface area contributed by atoms with E-state index in [4.69, 9.17) is 10.5 Å². The lowest BCUT2D eigenvalue weighted by molar-refractivity contribution is -0.0881. The van der Waals surface area contributed by atoms with Crippen LogP contribution in [0.4, 0.5) is 5.82 Å². The van der Waals surface area contributed by atoms with Crippen molar-refractivity contribution < 1.29 is 4.74 Å². The van der Waals surface area contributed by atoms with Crippen molar-refractivity contribution in [1.82, 2.24) is 9.97 Å². The van der Waals surface area contributed by atoms with Crippen LogP contribution >= 0.6 is 0 Å². The molecule has 0 spiro atoms. The Morgan fingerprint density at radius 2 is 2.44 bits per heavy atom. The van der Waals surface area contributed by atoms with Gasteiger partial charge in [-0.05, 0) is 32.1 Å². The largest absolute Gasteiger partial charge is 0.383 e. The maximum absolute atomic E-state index is 11.6. The van der Waals surface area contributed by atoms with Crippen LogP contribution in [-0.4, -0.2) is 16.6 Å². The first-order valence-corrected chi connectivity index (χ1v) is 6.57. The molecule has 1 heterocycles. The van der Waals surface area contributed by atoms with Gasteiger partial charge in [-0.3, -0.25) is 4.79 Å². The molecule has 0 radical (unpaired) electrons. The first-order valence-electron chi connectivity index (χ1n) is 6.57. The summed E-state index contributed by atoms with van der Waals surface area (Å²) in [5.41, 5.74) is 4.98. The van der Waals surface area contributed by atoms with E-state index in [0.29, 0.717) is 18.3 Å². The number of rotatable bonds is 3. The molecule has 5 nitrogen and oxygen atoms in total. The molecule has 0 amide bonds. The van der Waals surface area contributed by atoms with Gasteiger partial charge < -0.3 is 15.5 Å². The Morgan fingerprint density at radius 1 is 1.67 bits per heavy atom. The van der Waals surface area contributed by atoms with Gasteiger partial charge in [0.15, 0.2) is 0 Å². The Hall–Kier alpha value is -1.36. The zero-order valence-corrected chi connectivity index (χ0v) is 11.0. The van der Waals surface area contributed by atoms with E-state index in [9.17, 15) is 4.79 Å². The highest BCUT2D eigenvalue weighted by Gasteiger charge is 2.39. The molecule has 5 heteroatoms. The van der Waals surface area contributed by atoms with Gasteiger partial charge in [0.1, 0.15) is 17.2 Å². The van der Waals surface area contributed by atoms with Gasteiger partial charge in [-0.1, -0.05) is 13.3 Å². The van der Waals surface area contributed by atoms with Crippen LogP contribution in [0.1, 0.15) is 45.4 Å². The summed E-state index contributed by atoms with van der Waals surface area (Å²) in [6.45, 7) is 4.77. The third-order valence-electron chi connectivity index (χ3n) is 3.57. The Labute approximate surface area is 107 Å². The molecule has 18 heavy (non-hydrogen) atoms. The van der Waals surface area contributed by atoms with Crippen molar-refractivity contribution in [2.24, 2.45) is 5.92 Å². The maximum Gasteiger partial charge on any atom is 0.253 e. The molecule has 0 bridgehead atoms. The highest BCUT2D eigenvalue weighted by molar-refractivity contribution is 5.27. The molecule has 1 saturated carbocycles. The average Bonchev–Trinajstić information content (AvgIpc) is 2.28. The minimum absolute atomic E-state index is 0.213. The number of nitrogens with two attached hydrogens (primary N) is 1. The molecular weight excluding hydrogens is 230 g/mol. The fraction of sp³-hybridized carbons (Fsp3) is 0.692. The molecule has 1 aliphatic rings. The number of H-pyrrole nitrogens is 1. The molecule has 1 aliphatic carbocycles. The highest BCUT2D eigenvalue weighted by Crippen LogP contribution is 2.41. The normalized spacial score (nSPS) is 28.2. The Bertz CT molecular complexity index is 468. The monoisotopic (exact) mass is 251 g/mol. The molecule has 1 fully saturated rings. The minimum Gasteiger partial charge on any atom is -0.383 e. The summed E-state index contributed by atoms with van der Waals surface area (Å²) < 4.78 is 5.95. The van der Waals surface area contributed by atoms with Crippen molar-refractivity contribution in [3.05, 3.63) is 22.2 Å². The number of aromatic amines is 1. The fourth-order valence-corrected chi connectivity index (χ4v) is 2.89. The number of anilines is 1. The summed E-state index contributed by atoms with van der Waals surface area (Å²) >= 11 is 0. The van der Waals surface area contributed by atoms with Crippen molar-refractivity contribution in [3.8, 4) is 0 Å². The van der Waals surface area contributed by atoms with Crippen molar-refractivity contribution in [3.63, 3.8) is 0 Å². The van der Waals surface area contributed by atoms with Crippen LogP contribution in [0.3, 0.4) is 0 Å². The van der Waals surface area contributed by atoms with Crippen molar-refractivity contribution >= 4 is 5.82 Å². The summed E-state index contributed by atoms with van der Waals surface area (Å²) in [5.74, 6) is 1.41. The van der Waals surface area contributed by atoms with E-state index in [1.807, 2.05) is 6.92 Å². The third kappa shape index (κ3) is 2.56. The summed E-state index contributed by atoms with van der Waals surface area (Å²) in [6.07, 6.45) is 4.05. The lowest BCUT2D eigenvalue weighted by atomic mass is 9.78. The van der Waals surface area contributed by atoms with Gasteiger partial charge in [0.05, 0.1) is 0 Å². The van der Waals surface area contributed by atoms with Crippen molar-refractivity contribution in [1.29, 1.82) is 0 Å². The molecule has 0 aromatic carbocycles. The summed E-state index contributed by atoms with van der Waals surface area (Å²) in [5, 5.41) is 0. The predicted molar refractivity (Wildman–Crippen MR) is 70.2 cm³/mol. The van der Waals surface area contributed by atoms with E-state index in [1.165, 1.54) is 12.5 Å². The molecule has 3 N–H and O–H groups in total. The Kier molecular flexibility index (Phi) is 3.71. The van der Waals surface area contributed by atoms with Gasteiger partial charge in [0, 0.05) is 12.7 Å². The summed E-state index contributed by atoms with van der Waals surface area (Å²) in [6, 6.07) is 1.30. The Balaban J connectivity index is 2.42. The van der Waals surface area contributed by atoms with E-state index in [2.05, 4.69) is 16.9 Å². The van der Waals surface area contributed by atoms with Crippen molar-refractivity contribution in [2.75, 3.05) is 12.3 Å². The van der Waals surface area contributed by atoms with E-state index >= 15 is 0 Å². The van der Waals surface area contributed by atoms with Crippen LogP contribution < -0.4 is 11.3 Å². The molecule has 0 aliphatic heterocycles. The molecule has 0 saturated heterocycles. The smallest absolute Gasteiger partial charge is 0.253 e. The van der Waals surface area contributed by atoms with Crippen LogP contribution in [0.5, 0.6) is 0 Å². The van der Waals surface area contributed by atoms with Gasteiger partial charge in [-0.15, -0.1) is 0 Å². The zero-order valence-electron chi connectivity index (χ0n) is 11.0. The Morgan fingerprint density at radius 3 is 3.06 bits per heavy atom. The molecule has 100 valence electrons. The minimum atomic E-state index is -0.471.